The van der Waals surface area contributed by atoms with Crippen LogP contribution in [-0.2, 0) is 4.79 Å². The highest BCUT2D eigenvalue weighted by Gasteiger charge is 2.15. The second-order valence-corrected chi connectivity index (χ2v) is 4.94. The third kappa shape index (κ3) is 3.33. The lowest BCUT2D eigenvalue weighted by molar-refractivity contribution is -0.116. The third-order valence-corrected chi connectivity index (χ3v) is 3.21. The Labute approximate surface area is 110 Å². The number of rotatable bonds is 3. The van der Waals surface area contributed by atoms with E-state index < -0.39 is 0 Å². The molecule has 0 atom stereocenters. The van der Waals surface area contributed by atoms with Gasteiger partial charge >= 0.3 is 0 Å². The number of hydrogen-bond acceptors (Lipinski definition) is 5. The van der Waals surface area contributed by atoms with Crippen molar-refractivity contribution in [3.63, 3.8) is 0 Å². The molecule has 0 saturated carbocycles. The first-order valence-electron chi connectivity index (χ1n) is 5.46. The minimum atomic E-state index is -0.0238. The van der Waals surface area contributed by atoms with Gasteiger partial charge in [-0.3, -0.25) is 4.79 Å². The van der Waals surface area contributed by atoms with Gasteiger partial charge in [0.1, 0.15) is 0 Å². The maximum Gasteiger partial charge on any atom is 0.236 e. The van der Waals surface area contributed by atoms with E-state index in [1.54, 1.807) is 6.21 Å². The van der Waals surface area contributed by atoms with Crippen LogP contribution in [0.25, 0.3) is 0 Å². The maximum absolute atomic E-state index is 10.9. The van der Waals surface area contributed by atoms with E-state index >= 15 is 0 Å². The Morgan fingerprint density at radius 1 is 1.33 bits per heavy atom. The number of nitrogens with zero attached hydrogens (tertiary/aromatic N) is 3. The van der Waals surface area contributed by atoms with Gasteiger partial charge in [0.05, 0.1) is 12.0 Å². The number of carbonyl (C=O) groups excluding carboxylic acids is 1. The number of hydrogen-bond donors (Lipinski definition) is 1. The molecule has 0 aromatic heterocycles. The maximum atomic E-state index is 10.9. The van der Waals surface area contributed by atoms with Gasteiger partial charge in [-0.1, -0.05) is 23.9 Å². The van der Waals surface area contributed by atoms with Gasteiger partial charge in [-0.25, -0.2) is 0 Å². The van der Waals surface area contributed by atoms with E-state index in [-0.39, 0.29) is 5.91 Å². The van der Waals surface area contributed by atoms with Crippen molar-refractivity contribution in [1.82, 2.24) is 5.32 Å². The Bertz CT molecular complexity index is 493. The lowest BCUT2D eigenvalue weighted by Gasteiger charge is -2.11. The number of anilines is 1. The highest BCUT2D eigenvalue weighted by molar-refractivity contribution is 8.15. The average molecular weight is 262 g/mol. The fourth-order valence-electron chi connectivity index (χ4n) is 1.39. The molecular weight excluding hydrogens is 248 g/mol. The van der Waals surface area contributed by atoms with Crippen molar-refractivity contribution < 1.29 is 4.79 Å². The molecule has 0 unspecified atom stereocenters. The number of amidine groups is 1. The summed E-state index contributed by atoms with van der Waals surface area (Å²) in [5.41, 5.74) is 2.11. The minimum absolute atomic E-state index is 0.0238. The smallest absolute Gasteiger partial charge is 0.236 e. The Morgan fingerprint density at radius 3 is 2.61 bits per heavy atom. The van der Waals surface area contributed by atoms with Crippen molar-refractivity contribution in [2.45, 2.75) is 0 Å². The Hall–Kier alpha value is -1.82. The molecule has 1 fully saturated rings. The first kappa shape index (κ1) is 12.6. The van der Waals surface area contributed by atoms with Crippen molar-refractivity contribution in [2.75, 3.05) is 24.7 Å². The van der Waals surface area contributed by atoms with Crippen LogP contribution in [0.5, 0.6) is 0 Å². The number of carbonyl (C=O) groups is 1. The summed E-state index contributed by atoms with van der Waals surface area (Å²) in [5.74, 6) is 0.399. The standard InChI is InChI=1S/C12H14N4OS/c1-16(2)10-5-3-9(4-6-10)7-13-15-12-14-11(17)8-18-12/h3-7H,8H2,1-2H3,(H,14,15,17)/b13-7+. The van der Waals surface area contributed by atoms with Crippen molar-refractivity contribution in [2.24, 2.45) is 10.2 Å². The predicted octanol–water partition coefficient (Wildman–Crippen LogP) is 1.31. The highest BCUT2D eigenvalue weighted by Crippen LogP contribution is 2.11. The summed E-state index contributed by atoms with van der Waals surface area (Å²) in [6.07, 6.45) is 1.66. The second-order valence-electron chi connectivity index (χ2n) is 3.97. The van der Waals surface area contributed by atoms with Crippen molar-refractivity contribution in [3.05, 3.63) is 29.8 Å². The predicted molar refractivity (Wildman–Crippen MR) is 76.4 cm³/mol. The summed E-state index contributed by atoms with van der Waals surface area (Å²) in [6, 6.07) is 7.97. The van der Waals surface area contributed by atoms with Crippen LogP contribution in [0.3, 0.4) is 0 Å². The fourth-order valence-corrected chi connectivity index (χ4v) is 2.02. The number of benzene rings is 1. The van der Waals surface area contributed by atoms with Crippen molar-refractivity contribution in [1.29, 1.82) is 0 Å². The quantitative estimate of drug-likeness (QED) is 0.660. The van der Waals surface area contributed by atoms with Gasteiger partial charge in [0.2, 0.25) is 5.91 Å². The van der Waals surface area contributed by atoms with Crippen LogP contribution >= 0.6 is 11.8 Å². The molecule has 2 rings (SSSR count). The largest absolute Gasteiger partial charge is 0.378 e. The van der Waals surface area contributed by atoms with E-state index in [1.165, 1.54) is 11.8 Å². The zero-order valence-corrected chi connectivity index (χ0v) is 11.1. The van der Waals surface area contributed by atoms with Crippen molar-refractivity contribution in [3.8, 4) is 0 Å². The minimum Gasteiger partial charge on any atom is -0.378 e. The first-order chi connectivity index (χ1) is 8.65. The van der Waals surface area contributed by atoms with E-state index in [0.29, 0.717) is 10.9 Å². The van der Waals surface area contributed by atoms with Crippen LogP contribution in [-0.4, -0.2) is 37.1 Å². The topological polar surface area (TPSA) is 57.1 Å². The van der Waals surface area contributed by atoms with Crippen LogP contribution in [0.1, 0.15) is 5.56 Å². The Morgan fingerprint density at radius 2 is 2.06 bits per heavy atom. The molecule has 1 aliphatic heterocycles. The highest BCUT2D eigenvalue weighted by atomic mass is 32.2. The number of thioether (sulfide) groups is 1. The molecule has 1 heterocycles. The van der Waals surface area contributed by atoms with Crippen LogP contribution in [0, 0.1) is 0 Å². The molecule has 18 heavy (non-hydrogen) atoms. The van der Waals surface area contributed by atoms with Gasteiger partial charge in [-0.05, 0) is 17.7 Å². The van der Waals surface area contributed by atoms with Gasteiger partial charge in [0.15, 0.2) is 5.17 Å². The van der Waals surface area contributed by atoms with E-state index in [1.807, 2.05) is 43.3 Å². The average Bonchev–Trinajstić information content (AvgIpc) is 2.76. The molecule has 1 aliphatic rings. The molecule has 0 spiro atoms. The molecule has 1 aromatic carbocycles. The lowest BCUT2D eigenvalue weighted by atomic mass is 10.2. The van der Waals surface area contributed by atoms with E-state index in [9.17, 15) is 4.79 Å². The first-order valence-corrected chi connectivity index (χ1v) is 6.45. The van der Waals surface area contributed by atoms with Crippen LogP contribution in [0.4, 0.5) is 5.69 Å². The summed E-state index contributed by atoms with van der Waals surface area (Å²) in [6.45, 7) is 0. The second kappa shape index (κ2) is 5.68. The fraction of sp³-hybridized carbons (Fsp3) is 0.250. The van der Waals surface area contributed by atoms with Gasteiger partial charge < -0.3 is 10.2 Å². The SMILES string of the molecule is CN(C)c1ccc(/C=N/N=C2\NC(=O)CS2)cc1. The van der Waals surface area contributed by atoms with Gasteiger partial charge in [0.25, 0.3) is 0 Å². The molecule has 94 valence electrons. The van der Waals surface area contributed by atoms with E-state index in [2.05, 4.69) is 15.5 Å². The molecule has 1 aromatic rings. The molecule has 1 saturated heterocycles. The van der Waals surface area contributed by atoms with E-state index in [0.717, 1.165) is 11.3 Å². The van der Waals surface area contributed by atoms with Gasteiger partial charge in [0, 0.05) is 19.8 Å². The monoisotopic (exact) mass is 262 g/mol. The summed E-state index contributed by atoms with van der Waals surface area (Å²) in [5, 5.41) is 11.1. The van der Waals surface area contributed by atoms with E-state index in [4.69, 9.17) is 0 Å². The Kier molecular flexibility index (Phi) is 3.99. The van der Waals surface area contributed by atoms with Crippen LogP contribution in [0.2, 0.25) is 0 Å². The molecule has 1 amide bonds. The summed E-state index contributed by atoms with van der Waals surface area (Å²) >= 11 is 1.36. The molecule has 0 radical (unpaired) electrons. The zero-order valence-electron chi connectivity index (χ0n) is 10.3. The lowest BCUT2D eigenvalue weighted by Crippen LogP contribution is -2.19. The van der Waals surface area contributed by atoms with Gasteiger partial charge in [-0.15, -0.1) is 5.10 Å². The number of nitrogens with one attached hydrogen (secondary N) is 1. The third-order valence-electron chi connectivity index (χ3n) is 2.35. The molecule has 0 aliphatic carbocycles. The molecule has 6 heteroatoms. The van der Waals surface area contributed by atoms with Crippen LogP contribution < -0.4 is 10.2 Å². The van der Waals surface area contributed by atoms with Gasteiger partial charge in [-0.2, -0.15) is 5.10 Å². The summed E-state index contributed by atoms with van der Waals surface area (Å²) < 4.78 is 0. The molecule has 5 nitrogen and oxygen atoms in total. The Balaban J connectivity index is 1.99. The molecule has 0 bridgehead atoms. The summed E-state index contributed by atoms with van der Waals surface area (Å²) in [7, 11) is 3.99. The van der Waals surface area contributed by atoms with Crippen LogP contribution in [0.15, 0.2) is 34.5 Å². The van der Waals surface area contributed by atoms with Crippen molar-refractivity contribution >= 4 is 34.7 Å². The zero-order chi connectivity index (χ0) is 13.0. The normalized spacial score (nSPS) is 17.4. The summed E-state index contributed by atoms with van der Waals surface area (Å²) in [4.78, 5) is 13.0. The number of amides is 1. The molecular formula is C12H14N4OS. The molecule has 1 N–H and O–H groups in total.